The van der Waals surface area contributed by atoms with E-state index in [9.17, 15) is 4.79 Å². The molecule has 1 aliphatic heterocycles. The van der Waals surface area contributed by atoms with Gasteiger partial charge in [0.25, 0.3) is 0 Å². The van der Waals surface area contributed by atoms with Crippen molar-refractivity contribution in [2.45, 2.75) is 43.6 Å². The van der Waals surface area contributed by atoms with E-state index in [4.69, 9.17) is 4.74 Å². The highest BCUT2D eigenvalue weighted by Crippen LogP contribution is 2.32. The molecule has 1 aromatic heterocycles. The number of fused-ring (bicyclic) bond motifs is 1. The highest BCUT2D eigenvalue weighted by atomic mass is 32.2. The minimum atomic E-state index is -0.276. The Hall–Kier alpha value is -2.64. The molecule has 0 radical (unpaired) electrons. The first kappa shape index (κ1) is 21.6. The zero-order valence-electron chi connectivity index (χ0n) is 18.2. The third-order valence-electron chi connectivity index (χ3n) is 5.52. The molecule has 3 aromatic rings. The molecule has 0 N–H and O–H groups in total. The van der Waals surface area contributed by atoms with E-state index < -0.39 is 0 Å². The van der Waals surface area contributed by atoms with Crippen molar-refractivity contribution in [1.29, 1.82) is 0 Å². The minimum absolute atomic E-state index is 0.107. The summed E-state index contributed by atoms with van der Waals surface area (Å²) in [4.78, 5) is 15.3. The van der Waals surface area contributed by atoms with Crippen LogP contribution in [0.2, 0.25) is 0 Å². The molecule has 1 atom stereocenters. The maximum atomic E-state index is 13.3. The maximum Gasteiger partial charge on any atom is 0.240 e. The summed E-state index contributed by atoms with van der Waals surface area (Å²) in [5.74, 6) is 0.904. The number of hydrogen-bond acceptors (Lipinski definition) is 5. The molecule has 0 fully saturated rings. The van der Waals surface area contributed by atoms with Gasteiger partial charge in [-0.1, -0.05) is 53.7 Å². The third-order valence-corrected chi connectivity index (χ3v) is 6.59. The van der Waals surface area contributed by atoms with E-state index in [-0.39, 0.29) is 11.2 Å². The number of aromatic nitrogens is 3. The maximum absolute atomic E-state index is 13.3. The van der Waals surface area contributed by atoms with E-state index >= 15 is 0 Å². The van der Waals surface area contributed by atoms with Crippen LogP contribution in [0.1, 0.15) is 24.5 Å². The number of hydrogen-bond donors (Lipinski definition) is 0. The molecule has 31 heavy (non-hydrogen) atoms. The second-order valence-electron chi connectivity index (χ2n) is 7.80. The predicted molar refractivity (Wildman–Crippen MR) is 125 cm³/mol. The molecule has 0 saturated carbocycles. The zero-order valence-corrected chi connectivity index (χ0v) is 19.1. The number of carbonyl (C=O) groups excluding carboxylic acids is 1. The molecule has 0 spiro atoms. The van der Waals surface area contributed by atoms with Gasteiger partial charge in [-0.3, -0.25) is 9.36 Å². The van der Waals surface area contributed by atoms with Crippen LogP contribution in [-0.4, -0.2) is 46.2 Å². The van der Waals surface area contributed by atoms with E-state index in [0.29, 0.717) is 13.2 Å². The summed E-state index contributed by atoms with van der Waals surface area (Å²) >= 11 is 1.46. The molecule has 162 valence electrons. The Balaban J connectivity index is 1.58. The second kappa shape index (κ2) is 9.66. The molecule has 6 nitrogen and oxygen atoms in total. The normalized spacial score (nSPS) is 14.4. The molecule has 0 bridgehead atoms. The van der Waals surface area contributed by atoms with Crippen LogP contribution in [0.5, 0.6) is 0 Å². The zero-order chi connectivity index (χ0) is 21.8. The van der Waals surface area contributed by atoms with E-state index in [0.717, 1.165) is 41.6 Å². The molecule has 4 rings (SSSR count). The molecule has 2 heterocycles. The number of para-hydroxylation sites is 1. The fourth-order valence-electron chi connectivity index (χ4n) is 3.95. The number of benzene rings is 2. The Labute approximate surface area is 187 Å². The first-order valence-corrected chi connectivity index (χ1v) is 11.5. The van der Waals surface area contributed by atoms with Crippen molar-refractivity contribution in [3.8, 4) is 11.4 Å². The Morgan fingerprint density at radius 1 is 1.19 bits per heavy atom. The Morgan fingerprint density at radius 3 is 2.84 bits per heavy atom. The standard InChI is InChI=1S/C24H28N4O2S/c1-17-8-6-10-20(16-17)22-25-26-24(28(22)14-15-30-3)31-18(2)23(29)27-13-7-11-19-9-4-5-12-21(19)27/h4-6,8-10,12,16,18H,7,11,13-15H2,1-3H3/t18-/m0/s1. The van der Waals surface area contributed by atoms with Gasteiger partial charge >= 0.3 is 0 Å². The number of ether oxygens (including phenoxy) is 1. The van der Waals surface area contributed by atoms with Crippen LogP contribution in [-0.2, 0) is 22.5 Å². The lowest BCUT2D eigenvalue weighted by Gasteiger charge is -2.31. The number of amides is 1. The number of anilines is 1. The van der Waals surface area contributed by atoms with Gasteiger partial charge in [-0.25, -0.2) is 0 Å². The molecule has 0 saturated heterocycles. The van der Waals surface area contributed by atoms with Crippen molar-refractivity contribution in [3.63, 3.8) is 0 Å². The summed E-state index contributed by atoms with van der Waals surface area (Å²) in [6.07, 6.45) is 2.01. The highest BCUT2D eigenvalue weighted by molar-refractivity contribution is 8.00. The molecule has 1 amide bonds. The lowest BCUT2D eigenvalue weighted by Crippen LogP contribution is -2.40. The monoisotopic (exact) mass is 436 g/mol. The van der Waals surface area contributed by atoms with Crippen LogP contribution >= 0.6 is 11.8 Å². The summed E-state index contributed by atoms with van der Waals surface area (Å²) in [6.45, 7) is 5.94. The predicted octanol–water partition coefficient (Wildman–Crippen LogP) is 4.36. The van der Waals surface area contributed by atoms with Crippen molar-refractivity contribution in [2.75, 3.05) is 25.2 Å². The van der Waals surface area contributed by atoms with Crippen LogP contribution in [0.25, 0.3) is 11.4 Å². The smallest absolute Gasteiger partial charge is 0.240 e. The average molecular weight is 437 g/mol. The number of nitrogens with zero attached hydrogens (tertiary/aromatic N) is 4. The summed E-state index contributed by atoms with van der Waals surface area (Å²) in [6, 6.07) is 16.4. The van der Waals surface area contributed by atoms with Gasteiger partial charge in [0.1, 0.15) is 0 Å². The SMILES string of the molecule is COCCn1c(S[C@@H](C)C(=O)N2CCCc3ccccc32)nnc1-c1cccc(C)c1. The number of methoxy groups -OCH3 is 1. The molecule has 1 aliphatic rings. The van der Waals surface area contributed by atoms with Gasteiger partial charge < -0.3 is 9.64 Å². The topological polar surface area (TPSA) is 60.2 Å². The lowest BCUT2D eigenvalue weighted by molar-refractivity contribution is -0.117. The van der Waals surface area contributed by atoms with Crippen molar-refractivity contribution < 1.29 is 9.53 Å². The summed E-state index contributed by atoms with van der Waals surface area (Å²) in [5, 5.41) is 9.35. The van der Waals surface area contributed by atoms with E-state index in [1.54, 1.807) is 7.11 Å². The van der Waals surface area contributed by atoms with Gasteiger partial charge in [0.05, 0.1) is 18.4 Å². The van der Waals surface area contributed by atoms with Crippen LogP contribution in [0.15, 0.2) is 53.7 Å². The molecule has 2 aromatic carbocycles. The Kier molecular flexibility index (Phi) is 6.73. The Bertz CT molecular complexity index is 1070. The van der Waals surface area contributed by atoms with Crippen LogP contribution in [0, 0.1) is 6.92 Å². The van der Waals surface area contributed by atoms with E-state index in [1.807, 2.05) is 42.2 Å². The van der Waals surface area contributed by atoms with Gasteiger partial charge in [-0.2, -0.15) is 0 Å². The van der Waals surface area contributed by atoms with Crippen molar-refractivity contribution in [1.82, 2.24) is 14.8 Å². The number of thioether (sulfide) groups is 1. The van der Waals surface area contributed by atoms with Gasteiger partial charge in [-0.15, -0.1) is 10.2 Å². The fraction of sp³-hybridized carbons (Fsp3) is 0.375. The van der Waals surface area contributed by atoms with Crippen molar-refractivity contribution >= 4 is 23.4 Å². The number of aryl methyl sites for hydroxylation is 2. The largest absolute Gasteiger partial charge is 0.383 e. The molecule has 0 unspecified atom stereocenters. The van der Waals surface area contributed by atoms with Gasteiger partial charge in [-0.05, 0) is 44.4 Å². The highest BCUT2D eigenvalue weighted by Gasteiger charge is 2.28. The fourth-order valence-corrected chi connectivity index (χ4v) is 4.89. The van der Waals surface area contributed by atoms with Gasteiger partial charge in [0.2, 0.25) is 5.91 Å². The van der Waals surface area contributed by atoms with Crippen molar-refractivity contribution in [3.05, 3.63) is 59.7 Å². The molecular formula is C24H28N4O2S. The third kappa shape index (κ3) is 4.67. The first-order chi connectivity index (χ1) is 15.1. The quantitative estimate of drug-likeness (QED) is 0.515. The Morgan fingerprint density at radius 2 is 2.03 bits per heavy atom. The second-order valence-corrected chi connectivity index (χ2v) is 9.11. The van der Waals surface area contributed by atoms with Crippen molar-refractivity contribution in [2.24, 2.45) is 0 Å². The summed E-state index contributed by atoms with van der Waals surface area (Å²) in [5.41, 5.74) is 4.46. The van der Waals surface area contributed by atoms with Crippen LogP contribution in [0.3, 0.4) is 0 Å². The molecular weight excluding hydrogens is 408 g/mol. The first-order valence-electron chi connectivity index (χ1n) is 10.6. The summed E-state index contributed by atoms with van der Waals surface area (Å²) < 4.78 is 7.36. The van der Waals surface area contributed by atoms with Gasteiger partial charge in [0, 0.05) is 24.9 Å². The number of carbonyl (C=O) groups is 1. The molecule has 0 aliphatic carbocycles. The van der Waals surface area contributed by atoms with E-state index in [2.05, 4.69) is 39.9 Å². The molecule has 7 heteroatoms. The van der Waals surface area contributed by atoms with Gasteiger partial charge in [0.15, 0.2) is 11.0 Å². The van der Waals surface area contributed by atoms with Crippen LogP contribution < -0.4 is 4.90 Å². The average Bonchev–Trinajstić information content (AvgIpc) is 3.19. The lowest BCUT2D eigenvalue weighted by atomic mass is 10.0. The number of rotatable bonds is 7. The summed E-state index contributed by atoms with van der Waals surface area (Å²) in [7, 11) is 1.68. The minimum Gasteiger partial charge on any atom is -0.383 e. The van der Waals surface area contributed by atoms with Crippen LogP contribution in [0.4, 0.5) is 5.69 Å². The van der Waals surface area contributed by atoms with E-state index in [1.165, 1.54) is 22.9 Å².